The van der Waals surface area contributed by atoms with Crippen LogP contribution in [0.1, 0.15) is 50.3 Å². The molecule has 1 heterocycles. The van der Waals surface area contributed by atoms with Crippen LogP contribution < -0.4 is 0 Å². The number of carbonyl (C=O) groups is 2. The van der Waals surface area contributed by atoms with Crippen LogP contribution in [0.4, 0.5) is 0 Å². The molecule has 1 fully saturated rings. The van der Waals surface area contributed by atoms with Crippen molar-refractivity contribution in [2.45, 2.75) is 52.9 Å². The second-order valence-corrected chi connectivity index (χ2v) is 8.63. The van der Waals surface area contributed by atoms with E-state index in [2.05, 4.69) is 39.0 Å². The molecule has 0 bridgehead atoms. The predicted molar refractivity (Wildman–Crippen MR) is 99.4 cm³/mol. The van der Waals surface area contributed by atoms with Crippen molar-refractivity contribution in [1.82, 2.24) is 9.80 Å². The molecule has 4 nitrogen and oxygen atoms in total. The van der Waals surface area contributed by atoms with Crippen LogP contribution in [0.2, 0.25) is 0 Å². The van der Waals surface area contributed by atoms with Gasteiger partial charge in [-0.15, -0.1) is 0 Å². The van der Waals surface area contributed by atoms with Gasteiger partial charge in [0, 0.05) is 32.6 Å². The third-order valence-electron chi connectivity index (χ3n) is 5.18. The minimum Gasteiger partial charge on any atom is -0.339 e. The highest BCUT2D eigenvalue weighted by molar-refractivity contribution is 5.80. The first-order valence-corrected chi connectivity index (χ1v) is 9.48. The van der Waals surface area contributed by atoms with E-state index in [-0.39, 0.29) is 17.2 Å². The summed E-state index contributed by atoms with van der Waals surface area (Å²) in [5.41, 5.74) is 4.00. The zero-order chi connectivity index (χ0) is 18.0. The fourth-order valence-electron chi connectivity index (χ4n) is 3.79. The van der Waals surface area contributed by atoms with Gasteiger partial charge in [-0.1, -0.05) is 39.0 Å². The van der Waals surface area contributed by atoms with Crippen LogP contribution >= 0.6 is 0 Å². The first-order chi connectivity index (χ1) is 11.8. The lowest BCUT2D eigenvalue weighted by molar-refractivity contribution is -0.140. The lowest BCUT2D eigenvalue weighted by Gasteiger charge is -2.36. The molecule has 0 atom stereocenters. The lowest BCUT2D eigenvalue weighted by atomic mass is 9.91. The highest BCUT2D eigenvalue weighted by Crippen LogP contribution is 2.23. The number of aryl methyl sites for hydroxylation is 2. The fourth-order valence-corrected chi connectivity index (χ4v) is 3.79. The fraction of sp³-hybridized carbons (Fsp3) is 0.619. The number of hydrogen-bond donors (Lipinski definition) is 0. The van der Waals surface area contributed by atoms with Gasteiger partial charge in [0.15, 0.2) is 0 Å². The molecule has 3 rings (SSSR count). The van der Waals surface area contributed by atoms with Crippen LogP contribution in [0, 0.1) is 5.41 Å². The van der Waals surface area contributed by atoms with Gasteiger partial charge in [-0.05, 0) is 41.4 Å². The molecule has 4 heteroatoms. The summed E-state index contributed by atoms with van der Waals surface area (Å²) in [6.45, 7) is 8.87. The van der Waals surface area contributed by atoms with Crippen LogP contribution in [0.25, 0.3) is 0 Å². The Kier molecular flexibility index (Phi) is 5.16. The molecule has 1 aliphatic carbocycles. The summed E-state index contributed by atoms with van der Waals surface area (Å²) in [5.74, 6) is 0.388. The summed E-state index contributed by atoms with van der Waals surface area (Å²) in [4.78, 5) is 28.7. The second kappa shape index (κ2) is 7.19. The molecule has 136 valence electrons. The Morgan fingerprint density at radius 3 is 2.16 bits per heavy atom. The summed E-state index contributed by atoms with van der Waals surface area (Å²) >= 11 is 0. The molecule has 0 saturated carbocycles. The number of fused-ring (bicyclic) bond motifs is 1. The summed E-state index contributed by atoms with van der Waals surface area (Å²) in [6.07, 6.45) is 4.59. The van der Waals surface area contributed by atoms with Crippen LogP contribution in [-0.2, 0) is 28.9 Å². The molecule has 2 amide bonds. The van der Waals surface area contributed by atoms with E-state index in [0.29, 0.717) is 39.0 Å². The predicted octanol–water partition coefficient (Wildman–Crippen LogP) is 2.82. The average molecular weight is 342 g/mol. The molecule has 1 saturated heterocycles. The Morgan fingerprint density at radius 1 is 0.920 bits per heavy atom. The number of amides is 2. The van der Waals surface area contributed by atoms with Crippen molar-refractivity contribution in [3.8, 4) is 0 Å². The third kappa shape index (κ3) is 4.62. The molecule has 1 aromatic carbocycles. The zero-order valence-electron chi connectivity index (χ0n) is 15.8. The van der Waals surface area contributed by atoms with E-state index >= 15 is 0 Å². The summed E-state index contributed by atoms with van der Waals surface area (Å²) in [6, 6.07) is 6.50. The Morgan fingerprint density at radius 2 is 1.52 bits per heavy atom. The van der Waals surface area contributed by atoms with E-state index in [1.807, 2.05) is 9.80 Å². The largest absolute Gasteiger partial charge is 0.339 e. The van der Waals surface area contributed by atoms with Gasteiger partial charge in [-0.25, -0.2) is 0 Å². The molecular formula is C21H30N2O2. The maximum Gasteiger partial charge on any atom is 0.227 e. The Balaban J connectivity index is 1.51. The number of carbonyl (C=O) groups excluding carboxylic acids is 2. The molecule has 0 unspecified atom stereocenters. The van der Waals surface area contributed by atoms with Crippen molar-refractivity contribution < 1.29 is 9.59 Å². The van der Waals surface area contributed by atoms with Crippen LogP contribution in [0.15, 0.2) is 18.2 Å². The molecule has 0 N–H and O–H groups in total. The van der Waals surface area contributed by atoms with Gasteiger partial charge in [0.05, 0.1) is 6.42 Å². The van der Waals surface area contributed by atoms with E-state index in [4.69, 9.17) is 0 Å². The van der Waals surface area contributed by atoms with Gasteiger partial charge in [-0.3, -0.25) is 9.59 Å². The van der Waals surface area contributed by atoms with Crippen LogP contribution in [0.3, 0.4) is 0 Å². The number of rotatable bonds is 3. The van der Waals surface area contributed by atoms with Gasteiger partial charge in [-0.2, -0.15) is 0 Å². The normalized spacial score (nSPS) is 17.6. The molecule has 0 spiro atoms. The molecule has 1 aliphatic heterocycles. The molecule has 25 heavy (non-hydrogen) atoms. The second-order valence-electron chi connectivity index (χ2n) is 8.63. The van der Waals surface area contributed by atoms with Gasteiger partial charge >= 0.3 is 0 Å². The third-order valence-corrected chi connectivity index (χ3v) is 5.18. The molecule has 0 radical (unpaired) electrons. The quantitative estimate of drug-likeness (QED) is 0.847. The smallest absolute Gasteiger partial charge is 0.227 e. The monoisotopic (exact) mass is 342 g/mol. The minimum absolute atomic E-state index is 0.0115. The highest BCUT2D eigenvalue weighted by atomic mass is 16.2. The van der Waals surface area contributed by atoms with Crippen molar-refractivity contribution in [3.05, 3.63) is 34.9 Å². The highest BCUT2D eigenvalue weighted by Gasteiger charge is 2.26. The summed E-state index contributed by atoms with van der Waals surface area (Å²) in [5, 5.41) is 0. The van der Waals surface area contributed by atoms with Crippen molar-refractivity contribution in [2.75, 3.05) is 26.2 Å². The van der Waals surface area contributed by atoms with Crippen molar-refractivity contribution in [1.29, 1.82) is 0 Å². The van der Waals surface area contributed by atoms with Gasteiger partial charge in [0.2, 0.25) is 11.8 Å². The standard InChI is InChI=1S/C21H30N2O2/c1-21(2,3)15-20(25)23-11-9-22(10-12-23)19(24)14-16-7-8-17-5-4-6-18(17)13-16/h7-8,13H,4-6,9-12,14-15H2,1-3H3. The van der Waals surface area contributed by atoms with E-state index in [1.54, 1.807) is 0 Å². The van der Waals surface area contributed by atoms with E-state index in [1.165, 1.54) is 24.0 Å². The van der Waals surface area contributed by atoms with Crippen molar-refractivity contribution >= 4 is 11.8 Å². The minimum atomic E-state index is 0.0115. The summed E-state index contributed by atoms with van der Waals surface area (Å²) < 4.78 is 0. The topological polar surface area (TPSA) is 40.6 Å². The molecule has 1 aromatic rings. The number of benzene rings is 1. The van der Waals surface area contributed by atoms with Crippen molar-refractivity contribution in [2.24, 2.45) is 5.41 Å². The zero-order valence-corrected chi connectivity index (χ0v) is 15.8. The Hall–Kier alpha value is -1.84. The lowest BCUT2D eigenvalue weighted by Crippen LogP contribution is -2.51. The summed E-state index contributed by atoms with van der Waals surface area (Å²) in [7, 11) is 0. The van der Waals surface area contributed by atoms with E-state index < -0.39 is 0 Å². The van der Waals surface area contributed by atoms with Crippen LogP contribution in [-0.4, -0.2) is 47.8 Å². The maximum atomic E-state index is 12.6. The molecular weight excluding hydrogens is 312 g/mol. The Labute approximate surface area is 151 Å². The number of piperazine rings is 1. The van der Waals surface area contributed by atoms with Gasteiger partial charge < -0.3 is 9.80 Å². The maximum absolute atomic E-state index is 12.6. The number of nitrogens with zero attached hydrogens (tertiary/aromatic N) is 2. The average Bonchev–Trinajstić information content (AvgIpc) is 3.01. The van der Waals surface area contributed by atoms with Gasteiger partial charge in [0.1, 0.15) is 0 Å². The van der Waals surface area contributed by atoms with Crippen LogP contribution in [0.5, 0.6) is 0 Å². The first kappa shape index (κ1) is 18.0. The first-order valence-electron chi connectivity index (χ1n) is 9.48. The molecule has 0 aromatic heterocycles. The van der Waals surface area contributed by atoms with E-state index in [0.717, 1.165) is 12.0 Å². The Bertz CT molecular complexity index is 652. The van der Waals surface area contributed by atoms with Crippen molar-refractivity contribution in [3.63, 3.8) is 0 Å². The SMILES string of the molecule is CC(C)(C)CC(=O)N1CCN(C(=O)Cc2ccc3c(c2)CCC3)CC1. The molecule has 2 aliphatic rings. The van der Waals surface area contributed by atoms with E-state index in [9.17, 15) is 9.59 Å². The number of hydrogen-bond acceptors (Lipinski definition) is 2. The van der Waals surface area contributed by atoms with Gasteiger partial charge in [0.25, 0.3) is 0 Å².